The van der Waals surface area contributed by atoms with Crippen LogP contribution in [0, 0.1) is 20.8 Å². The maximum atomic E-state index is 12.4. The molecule has 2 aromatic carbocycles. The van der Waals surface area contributed by atoms with Crippen LogP contribution in [0.2, 0.25) is 0 Å². The molecule has 19 heavy (non-hydrogen) atoms. The van der Waals surface area contributed by atoms with Gasteiger partial charge in [0.15, 0.2) is 0 Å². The van der Waals surface area contributed by atoms with Gasteiger partial charge in [-0.1, -0.05) is 30.3 Å². The molecule has 0 atom stereocenters. The monoisotopic (exact) mass is 317 g/mol. The van der Waals surface area contributed by atoms with Crippen molar-refractivity contribution in [2.45, 2.75) is 20.8 Å². The highest BCUT2D eigenvalue weighted by molar-refractivity contribution is 9.10. The summed E-state index contributed by atoms with van der Waals surface area (Å²) in [6.07, 6.45) is 0. The molecule has 0 bridgehead atoms. The van der Waals surface area contributed by atoms with Crippen molar-refractivity contribution in [2.75, 3.05) is 5.32 Å². The fourth-order valence-electron chi connectivity index (χ4n) is 2.02. The van der Waals surface area contributed by atoms with Crippen molar-refractivity contribution in [3.8, 4) is 0 Å². The molecule has 0 aliphatic carbocycles. The van der Waals surface area contributed by atoms with E-state index in [2.05, 4.69) is 21.2 Å². The largest absolute Gasteiger partial charge is 0.321 e. The number of anilines is 1. The molecule has 3 heteroatoms. The van der Waals surface area contributed by atoms with Crippen molar-refractivity contribution in [3.05, 3.63) is 63.1 Å². The Labute approximate surface area is 122 Å². The van der Waals surface area contributed by atoms with Crippen LogP contribution in [0.25, 0.3) is 0 Å². The van der Waals surface area contributed by atoms with Crippen molar-refractivity contribution in [1.82, 2.24) is 0 Å². The van der Waals surface area contributed by atoms with Gasteiger partial charge in [-0.2, -0.15) is 0 Å². The number of rotatable bonds is 2. The molecule has 98 valence electrons. The summed E-state index contributed by atoms with van der Waals surface area (Å²) in [6.45, 7) is 5.96. The summed E-state index contributed by atoms with van der Waals surface area (Å²) in [5.41, 5.74) is 4.73. The van der Waals surface area contributed by atoms with E-state index in [1.807, 2.05) is 57.2 Å². The van der Waals surface area contributed by atoms with Gasteiger partial charge in [0.1, 0.15) is 0 Å². The number of carbonyl (C=O) groups is 1. The predicted molar refractivity (Wildman–Crippen MR) is 82.7 cm³/mol. The van der Waals surface area contributed by atoms with E-state index in [0.717, 1.165) is 26.9 Å². The number of hydrogen-bond donors (Lipinski definition) is 1. The predicted octanol–water partition coefficient (Wildman–Crippen LogP) is 4.63. The van der Waals surface area contributed by atoms with Gasteiger partial charge in [0.05, 0.1) is 5.56 Å². The van der Waals surface area contributed by atoms with Crippen LogP contribution in [0.3, 0.4) is 0 Å². The molecule has 0 aromatic heterocycles. The van der Waals surface area contributed by atoms with Gasteiger partial charge < -0.3 is 5.32 Å². The molecule has 1 amide bonds. The molecule has 0 saturated carbocycles. The Morgan fingerprint density at radius 2 is 1.47 bits per heavy atom. The molecule has 2 rings (SSSR count). The Hall–Kier alpha value is -1.61. The van der Waals surface area contributed by atoms with E-state index in [4.69, 9.17) is 0 Å². The fraction of sp³-hybridized carbons (Fsp3) is 0.188. The first kappa shape index (κ1) is 13.8. The number of para-hydroxylation sites is 1. The average Bonchev–Trinajstić information content (AvgIpc) is 2.37. The second-order valence-corrected chi connectivity index (χ2v) is 5.45. The standard InChI is InChI=1S/C16H16BrNO/c1-10-6-5-9-13(14(10)17)16(19)18-15-11(2)7-4-8-12(15)3/h4-9H,1-3H3,(H,18,19). The lowest BCUT2D eigenvalue weighted by Gasteiger charge is -2.12. The SMILES string of the molecule is Cc1cccc(C(=O)Nc2c(C)cccc2C)c1Br. The van der Waals surface area contributed by atoms with Crippen molar-refractivity contribution < 1.29 is 4.79 Å². The topological polar surface area (TPSA) is 29.1 Å². The highest BCUT2D eigenvalue weighted by Gasteiger charge is 2.13. The zero-order chi connectivity index (χ0) is 14.0. The minimum atomic E-state index is -0.0898. The smallest absolute Gasteiger partial charge is 0.256 e. The quantitative estimate of drug-likeness (QED) is 0.859. The lowest BCUT2D eigenvalue weighted by atomic mass is 10.1. The van der Waals surface area contributed by atoms with Crippen molar-refractivity contribution in [2.24, 2.45) is 0 Å². The van der Waals surface area contributed by atoms with E-state index in [-0.39, 0.29) is 5.91 Å². The van der Waals surface area contributed by atoms with Gasteiger partial charge in [0.25, 0.3) is 5.91 Å². The Morgan fingerprint density at radius 3 is 2.11 bits per heavy atom. The van der Waals surface area contributed by atoms with E-state index >= 15 is 0 Å². The third kappa shape index (κ3) is 2.87. The molecule has 1 N–H and O–H groups in total. The van der Waals surface area contributed by atoms with Gasteiger partial charge in [-0.25, -0.2) is 0 Å². The third-order valence-electron chi connectivity index (χ3n) is 3.16. The molecule has 0 unspecified atom stereocenters. The molecule has 2 nitrogen and oxygen atoms in total. The van der Waals surface area contributed by atoms with Gasteiger partial charge in [-0.15, -0.1) is 0 Å². The van der Waals surface area contributed by atoms with Crippen LogP contribution in [-0.4, -0.2) is 5.91 Å². The molecule has 0 aliphatic heterocycles. The first-order chi connectivity index (χ1) is 9.00. The molecule has 0 saturated heterocycles. The highest BCUT2D eigenvalue weighted by Crippen LogP contribution is 2.24. The molecular weight excluding hydrogens is 302 g/mol. The molecule has 0 fully saturated rings. The van der Waals surface area contributed by atoms with E-state index < -0.39 is 0 Å². The number of hydrogen-bond acceptors (Lipinski definition) is 1. The molecule has 2 aromatic rings. The summed E-state index contributed by atoms with van der Waals surface area (Å²) in [5.74, 6) is -0.0898. The first-order valence-corrected chi connectivity index (χ1v) is 6.92. The summed E-state index contributed by atoms with van der Waals surface area (Å²) >= 11 is 3.47. The van der Waals surface area contributed by atoms with Crippen LogP contribution in [0.1, 0.15) is 27.0 Å². The number of halogens is 1. The minimum absolute atomic E-state index is 0.0898. The summed E-state index contributed by atoms with van der Waals surface area (Å²) < 4.78 is 0.846. The number of benzene rings is 2. The van der Waals surface area contributed by atoms with Crippen LogP contribution in [0.5, 0.6) is 0 Å². The number of carbonyl (C=O) groups excluding carboxylic acids is 1. The van der Waals surface area contributed by atoms with Crippen LogP contribution < -0.4 is 5.32 Å². The average molecular weight is 318 g/mol. The summed E-state index contributed by atoms with van der Waals surface area (Å²) in [4.78, 5) is 12.4. The van der Waals surface area contributed by atoms with E-state index in [1.54, 1.807) is 0 Å². The van der Waals surface area contributed by atoms with Crippen LogP contribution in [-0.2, 0) is 0 Å². The van der Waals surface area contributed by atoms with Gasteiger partial charge in [-0.3, -0.25) is 4.79 Å². The minimum Gasteiger partial charge on any atom is -0.321 e. The molecule has 0 aliphatic rings. The van der Waals surface area contributed by atoms with Crippen LogP contribution in [0.15, 0.2) is 40.9 Å². The fourth-order valence-corrected chi connectivity index (χ4v) is 2.46. The van der Waals surface area contributed by atoms with E-state index in [9.17, 15) is 4.79 Å². The van der Waals surface area contributed by atoms with E-state index in [0.29, 0.717) is 5.56 Å². The Kier molecular flexibility index (Phi) is 4.05. The summed E-state index contributed by atoms with van der Waals surface area (Å²) in [5, 5.41) is 2.99. The first-order valence-electron chi connectivity index (χ1n) is 6.13. The summed E-state index contributed by atoms with van der Waals surface area (Å²) in [7, 11) is 0. The zero-order valence-corrected chi connectivity index (χ0v) is 12.8. The lowest BCUT2D eigenvalue weighted by Crippen LogP contribution is -2.14. The van der Waals surface area contributed by atoms with Crippen LogP contribution in [0.4, 0.5) is 5.69 Å². The van der Waals surface area contributed by atoms with Gasteiger partial charge in [0.2, 0.25) is 0 Å². The van der Waals surface area contributed by atoms with Crippen molar-refractivity contribution in [1.29, 1.82) is 0 Å². The normalized spacial score (nSPS) is 10.3. The molecule has 0 radical (unpaired) electrons. The second-order valence-electron chi connectivity index (χ2n) is 4.66. The lowest BCUT2D eigenvalue weighted by molar-refractivity contribution is 0.102. The van der Waals surface area contributed by atoms with E-state index in [1.165, 1.54) is 0 Å². The van der Waals surface area contributed by atoms with Gasteiger partial charge in [0, 0.05) is 10.2 Å². The maximum Gasteiger partial charge on any atom is 0.256 e. The number of amides is 1. The van der Waals surface area contributed by atoms with Crippen molar-refractivity contribution >= 4 is 27.5 Å². The molecular formula is C16H16BrNO. The zero-order valence-electron chi connectivity index (χ0n) is 11.3. The second kappa shape index (κ2) is 5.57. The van der Waals surface area contributed by atoms with Gasteiger partial charge >= 0.3 is 0 Å². The molecule has 0 spiro atoms. The Morgan fingerprint density at radius 1 is 0.947 bits per heavy atom. The summed E-state index contributed by atoms with van der Waals surface area (Å²) in [6, 6.07) is 11.7. The molecule has 0 heterocycles. The van der Waals surface area contributed by atoms with Gasteiger partial charge in [-0.05, 0) is 59.5 Å². The Bertz CT molecular complexity index is 614. The number of nitrogens with one attached hydrogen (secondary N) is 1. The Balaban J connectivity index is 2.34. The highest BCUT2D eigenvalue weighted by atomic mass is 79.9. The maximum absolute atomic E-state index is 12.4. The third-order valence-corrected chi connectivity index (χ3v) is 4.21. The number of aryl methyl sites for hydroxylation is 3. The van der Waals surface area contributed by atoms with Crippen LogP contribution >= 0.6 is 15.9 Å². The van der Waals surface area contributed by atoms with Crippen molar-refractivity contribution in [3.63, 3.8) is 0 Å².